The maximum atomic E-state index is 12.2. The number of pyridine rings is 1. The van der Waals surface area contributed by atoms with E-state index in [1.165, 1.54) is 18.3 Å². The van der Waals surface area contributed by atoms with Crippen LogP contribution in [0.3, 0.4) is 0 Å². The first-order valence-electron chi connectivity index (χ1n) is 5.66. The van der Waals surface area contributed by atoms with Crippen molar-refractivity contribution in [3.63, 3.8) is 0 Å². The fourth-order valence-electron chi connectivity index (χ4n) is 1.79. The Labute approximate surface area is 118 Å². The largest absolute Gasteiger partial charge is 0.329 e. The minimum Gasteiger partial charge on any atom is -0.329 e. The average molecular weight is 303 g/mol. The Morgan fingerprint density at radius 1 is 1.58 bits per heavy atom. The number of hydrogen-bond donors (Lipinski definition) is 2. The van der Waals surface area contributed by atoms with Crippen LogP contribution in [0.1, 0.15) is 18.5 Å². The molecule has 104 valence electrons. The van der Waals surface area contributed by atoms with Gasteiger partial charge in [-0.15, -0.1) is 12.4 Å². The summed E-state index contributed by atoms with van der Waals surface area (Å²) >= 11 is 0. The molecule has 1 aromatic heterocycles. The van der Waals surface area contributed by atoms with Gasteiger partial charge in [-0.05, 0) is 30.9 Å². The van der Waals surface area contributed by atoms with Crippen LogP contribution in [0.5, 0.6) is 0 Å². The molecule has 0 aliphatic heterocycles. The highest BCUT2D eigenvalue weighted by Crippen LogP contribution is 2.32. The molecule has 0 spiro atoms. The summed E-state index contributed by atoms with van der Waals surface area (Å²) in [6, 6.07) is 4.37. The Balaban J connectivity index is 0.00000180. The minimum atomic E-state index is -3.73. The van der Waals surface area contributed by atoms with Crippen molar-refractivity contribution in [1.29, 1.82) is 5.26 Å². The van der Waals surface area contributed by atoms with Crippen LogP contribution in [0.4, 0.5) is 0 Å². The predicted octanol–water partition coefficient (Wildman–Crippen LogP) is 0.391. The van der Waals surface area contributed by atoms with Crippen molar-refractivity contribution in [2.24, 2.45) is 11.7 Å². The number of aromatic nitrogens is 1. The van der Waals surface area contributed by atoms with Crippen LogP contribution in [0.25, 0.3) is 0 Å². The summed E-state index contributed by atoms with van der Waals surface area (Å²) < 4.78 is 26.9. The first-order valence-corrected chi connectivity index (χ1v) is 7.14. The molecular formula is C11H15ClN4O2S. The van der Waals surface area contributed by atoms with Gasteiger partial charge in [0.2, 0.25) is 10.0 Å². The monoisotopic (exact) mass is 302 g/mol. The second kappa shape index (κ2) is 6.30. The fraction of sp³-hybridized carbons (Fsp3) is 0.455. The minimum absolute atomic E-state index is 0. The molecular weight excluding hydrogens is 288 g/mol. The van der Waals surface area contributed by atoms with Gasteiger partial charge in [-0.3, -0.25) is 0 Å². The highest BCUT2D eigenvalue weighted by Gasteiger charge is 2.34. The Hall–Kier alpha value is -1.20. The lowest BCUT2D eigenvalue weighted by Crippen LogP contribution is -2.41. The van der Waals surface area contributed by atoms with Gasteiger partial charge in [-0.2, -0.15) is 5.26 Å². The molecule has 19 heavy (non-hydrogen) atoms. The van der Waals surface area contributed by atoms with Crippen molar-refractivity contribution in [3.05, 3.63) is 24.0 Å². The van der Waals surface area contributed by atoms with E-state index in [0.29, 0.717) is 5.92 Å². The van der Waals surface area contributed by atoms with Crippen LogP contribution in [-0.4, -0.2) is 26.0 Å². The number of hydrogen-bond acceptors (Lipinski definition) is 5. The van der Waals surface area contributed by atoms with Crippen molar-refractivity contribution in [2.75, 3.05) is 6.54 Å². The summed E-state index contributed by atoms with van der Waals surface area (Å²) in [7, 11) is -3.73. The van der Waals surface area contributed by atoms with Crippen molar-refractivity contribution in [1.82, 2.24) is 9.71 Å². The zero-order valence-electron chi connectivity index (χ0n) is 10.1. The quantitative estimate of drug-likeness (QED) is 0.818. The third-order valence-corrected chi connectivity index (χ3v) is 4.44. The Morgan fingerprint density at radius 3 is 2.79 bits per heavy atom. The van der Waals surface area contributed by atoms with Crippen LogP contribution in [0, 0.1) is 17.2 Å². The lowest BCUT2D eigenvalue weighted by molar-refractivity contribution is 0.519. The summed E-state index contributed by atoms with van der Waals surface area (Å²) in [6.07, 6.45) is 3.37. The maximum Gasteiger partial charge on any atom is 0.243 e. The molecule has 1 aliphatic carbocycles. The van der Waals surface area contributed by atoms with E-state index in [4.69, 9.17) is 11.0 Å². The van der Waals surface area contributed by atoms with Gasteiger partial charge in [-0.1, -0.05) is 0 Å². The number of nitriles is 1. The van der Waals surface area contributed by atoms with Crippen molar-refractivity contribution in [2.45, 2.75) is 23.8 Å². The van der Waals surface area contributed by atoms with Crippen LogP contribution in [0.2, 0.25) is 0 Å². The summed E-state index contributed by atoms with van der Waals surface area (Å²) in [5, 5.41) is 8.87. The molecule has 1 fully saturated rings. The van der Waals surface area contributed by atoms with Gasteiger partial charge in [-0.25, -0.2) is 18.1 Å². The highest BCUT2D eigenvalue weighted by molar-refractivity contribution is 7.89. The topological polar surface area (TPSA) is 109 Å². The average Bonchev–Trinajstić information content (AvgIpc) is 3.20. The lowest BCUT2D eigenvalue weighted by atomic mass is 10.2. The van der Waals surface area contributed by atoms with Gasteiger partial charge in [0.25, 0.3) is 0 Å². The number of nitrogens with two attached hydrogens (primary N) is 1. The van der Waals surface area contributed by atoms with Crippen LogP contribution in [0.15, 0.2) is 23.2 Å². The summed E-state index contributed by atoms with van der Waals surface area (Å²) in [5.41, 5.74) is 5.46. The molecule has 1 unspecified atom stereocenters. The second-order valence-corrected chi connectivity index (χ2v) is 5.95. The molecule has 6 nitrogen and oxygen atoms in total. The molecule has 1 aliphatic rings. The molecule has 1 atom stereocenters. The second-order valence-electron chi connectivity index (χ2n) is 4.26. The van der Waals surface area contributed by atoms with E-state index in [-0.39, 0.29) is 35.6 Å². The van der Waals surface area contributed by atoms with E-state index in [2.05, 4.69) is 9.71 Å². The fourth-order valence-corrected chi connectivity index (χ4v) is 3.21. The van der Waals surface area contributed by atoms with E-state index >= 15 is 0 Å². The Kier molecular flexibility index (Phi) is 5.26. The first-order chi connectivity index (χ1) is 8.58. The smallest absolute Gasteiger partial charge is 0.243 e. The number of rotatable bonds is 5. The molecule has 8 heteroatoms. The van der Waals surface area contributed by atoms with Gasteiger partial charge in [0, 0.05) is 18.8 Å². The first kappa shape index (κ1) is 15.9. The highest BCUT2D eigenvalue weighted by atomic mass is 35.5. The van der Waals surface area contributed by atoms with Crippen LogP contribution in [-0.2, 0) is 10.0 Å². The standard InChI is InChI=1S/C11H14N4O2S.ClH/c12-6-9(8-3-4-8)15-18(16,17)11-2-1-5-14-10(11)7-13;/h1-2,5,8-9,15H,3-4,6,12H2;1H. The van der Waals surface area contributed by atoms with Crippen LogP contribution < -0.4 is 10.5 Å². The van der Waals surface area contributed by atoms with Gasteiger partial charge in [0.05, 0.1) is 0 Å². The van der Waals surface area contributed by atoms with Gasteiger partial charge >= 0.3 is 0 Å². The molecule has 0 amide bonds. The summed E-state index contributed by atoms with van der Waals surface area (Å²) in [4.78, 5) is 3.65. The van der Waals surface area contributed by atoms with E-state index < -0.39 is 10.0 Å². The van der Waals surface area contributed by atoms with Crippen LogP contribution >= 0.6 is 12.4 Å². The summed E-state index contributed by atoms with van der Waals surface area (Å²) in [5.74, 6) is 0.312. The van der Waals surface area contributed by atoms with E-state index in [0.717, 1.165) is 12.8 Å². The van der Waals surface area contributed by atoms with Crippen molar-refractivity contribution < 1.29 is 8.42 Å². The normalized spacial score (nSPS) is 16.2. The summed E-state index contributed by atoms with van der Waals surface area (Å²) in [6.45, 7) is 0.256. The van der Waals surface area contributed by atoms with Crippen molar-refractivity contribution >= 4 is 22.4 Å². The number of nitrogens with one attached hydrogen (secondary N) is 1. The Morgan fingerprint density at radius 2 is 2.26 bits per heavy atom. The SMILES string of the molecule is Cl.N#Cc1ncccc1S(=O)(=O)NC(CN)C1CC1. The van der Waals surface area contributed by atoms with Crippen molar-refractivity contribution in [3.8, 4) is 6.07 Å². The molecule has 1 saturated carbocycles. The van der Waals surface area contributed by atoms with E-state index in [1.807, 2.05) is 0 Å². The van der Waals surface area contributed by atoms with E-state index in [9.17, 15) is 8.42 Å². The molecule has 0 saturated heterocycles. The Bertz CT molecular complexity index is 581. The third-order valence-electron chi connectivity index (χ3n) is 2.92. The molecule has 2 rings (SSSR count). The number of sulfonamides is 1. The maximum absolute atomic E-state index is 12.2. The van der Waals surface area contributed by atoms with Gasteiger partial charge in [0.1, 0.15) is 11.0 Å². The molecule has 1 heterocycles. The van der Waals surface area contributed by atoms with E-state index in [1.54, 1.807) is 6.07 Å². The zero-order chi connectivity index (χ0) is 13.2. The molecule has 0 aromatic carbocycles. The molecule has 3 N–H and O–H groups in total. The van der Waals surface area contributed by atoms with Gasteiger partial charge in [0.15, 0.2) is 5.69 Å². The third kappa shape index (κ3) is 3.64. The number of halogens is 1. The zero-order valence-corrected chi connectivity index (χ0v) is 11.7. The molecule has 0 bridgehead atoms. The number of nitrogens with zero attached hydrogens (tertiary/aromatic N) is 2. The molecule has 0 radical (unpaired) electrons. The molecule has 1 aromatic rings. The lowest BCUT2D eigenvalue weighted by Gasteiger charge is -2.16. The van der Waals surface area contributed by atoms with Gasteiger partial charge < -0.3 is 5.73 Å². The predicted molar refractivity (Wildman–Crippen MR) is 72.1 cm³/mol.